The minimum absolute atomic E-state index is 0.0219. The molecule has 0 aromatic heterocycles. The van der Waals surface area contributed by atoms with E-state index in [4.69, 9.17) is 6.42 Å². The highest BCUT2D eigenvalue weighted by Crippen LogP contribution is 2.45. The van der Waals surface area contributed by atoms with Gasteiger partial charge >= 0.3 is 0 Å². The van der Waals surface area contributed by atoms with Crippen molar-refractivity contribution in [1.29, 1.82) is 0 Å². The Hall–Kier alpha value is -1.07. The van der Waals surface area contributed by atoms with Gasteiger partial charge in [-0.1, -0.05) is 25.3 Å². The number of aldehydes is 1. The molecule has 0 radical (unpaired) electrons. The van der Waals surface area contributed by atoms with Crippen LogP contribution in [0.25, 0.3) is 0 Å². The van der Waals surface area contributed by atoms with Crippen LogP contribution < -0.4 is 0 Å². The second-order valence-corrected chi connectivity index (χ2v) is 4.79. The number of aliphatic hydroxyl groups is 1. The predicted molar refractivity (Wildman–Crippen MR) is 60.1 cm³/mol. The zero-order valence-electron chi connectivity index (χ0n) is 9.58. The smallest absolute Gasteiger partial charge is 0.146 e. The van der Waals surface area contributed by atoms with Gasteiger partial charge in [-0.3, -0.25) is 4.79 Å². The Morgan fingerprint density at radius 1 is 1.67 bits per heavy atom. The van der Waals surface area contributed by atoms with Gasteiger partial charge in [-0.25, -0.2) is 0 Å². The molecule has 2 nitrogen and oxygen atoms in total. The Morgan fingerprint density at radius 2 is 2.27 bits per heavy atom. The zero-order chi connectivity index (χ0) is 11.6. The van der Waals surface area contributed by atoms with E-state index in [0.29, 0.717) is 0 Å². The molecule has 1 rings (SSSR count). The Bertz CT molecular complexity index is 331. The highest BCUT2D eigenvalue weighted by Gasteiger charge is 2.40. The molecule has 2 atom stereocenters. The summed E-state index contributed by atoms with van der Waals surface area (Å²) in [5.41, 5.74) is 1.60. The molecule has 0 spiro atoms. The molecule has 0 saturated heterocycles. The molecule has 0 heterocycles. The van der Waals surface area contributed by atoms with E-state index in [9.17, 15) is 9.90 Å². The average molecular weight is 206 g/mol. The van der Waals surface area contributed by atoms with Crippen molar-refractivity contribution in [2.45, 2.75) is 39.7 Å². The Kier molecular flexibility index (Phi) is 3.36. The third-order valence-electron chi connectivity index (χ3n) is 3.58. The van der Waals surface area contributed by atoms with Crippen molar-refractivity contribution in [3.8, 4) is 12.3 Å². The summed E-state index contributed by atoms with van der Waals surface area (Å²) in [6.45, 7) is 5.93. The third-order valence-corrected chi connectivity index (χ3v) is 3.58. The van der Waals surface area contributed by atoms with Crippen LogP contribution >= 0.6 is 0 Å². The number of rotatable bonds is 2. The lowest BCUT2D eigenvalue weighted by molar-refractivity contribution is -0.106. The molecule has 15 heavy (non-hydrogen) atoms. The van der Waals surface area contributed by atoms with Crippen molar-refractivity contribution in [2.24, 2.45) is 11.3 Å². The fourth-order valence-electron chi connectivity index (χ4n) is 2.54. The molecule has 1 aliphatic carbocycles. The number of allylic oxidation sites excluding steroid dienone is 2. The zero-order valence-corrected chi connectivity index (χ0v) is 9.58. The van der Waals surface area contributed by atoms with Crippen LogP contribution in [-0.4, -0.2) is 17.5 Å². The van der Waals surface area contributed by atoms with Crippen molar-refractivity contribution >= 4 is 6.29 Å². The second kappa shape index (κ2) is 4.20. The van der Waals surface area contributed by atoms with E-state index < -0.39 is 6.10 Å². The molecule has 0 aromatic rings. The van der Waals surface area contributed by atoms with Gasteiger partial charge in [0.15, 0.2) is 0 Å². The molecule has 0 fully saturated rings. The molecule has 82 valence electrons. The van der Waals surface area contributed by atoms with E-state index in [1.165, 1.54) is 0 Å². The first kappa shape index (κ1) is 12.0. The summed E-state index contributed by atoms with van der Waals surface area (Å²) in [5, 5.41) is 9.74. The number of carbonyl (C=O) groups is 1. The van der Waals surface area contributed by atoms with Crippen molar-refractivity contribution in [1.82, 2.24) is 0 Å². The van der Waals surface area contributed by atoms with Crippen LogP contribution in [0, 0.1) is 23.7 Å². The van der Waals surface area contributed by atoms with Crippen molar-refractivity contribution < 1.29 is 9.90 Å². The molecule has 0 aliphatic heterocycles. The maximum Gasteiger partial charge on any atom is 0.146 e. The van der Waals surface area contributed by atoms with Gasteiger partial charge in [0.25, 0.3) is 0 Å². The summed E-state index contributed by atoms with van der Waals surface area (Å²) in [5.74, 6) is 2.34. The maximum atomic E-state index is 11.1. The van der Waals surface area contributed by atoms with E-state index in [-0.39, 0.29) is 11.3 Å². The lowest BCUT2D eigenvalue weighted by Crippen LogP contribution is -2.38. The van der Waals surface area contributed by atoms with E-state index in [1.54, 1.807) is 0 Å². The fraction of sp³-hybridized carbons (Fsp3) is 0.615. The van der Waals surface area contributed by atoms with Crippen molar-refractivity contribution in [3.05, 3.63) is 11.1 Å². The van der Waals surface area contributed by atoms with Gasteiger partial charge in [-0.15, -0.1) is 6.42 Å². The number of hydrogen-bond donors (Lipinski definition) is 1. The molecule has 0 bridgehead atoms. The normalized spacial score (nSPS) is 27.0. The van der Waals surface area contributed by atoms with Gasteiger partial charge in [0.1, 0.15) is 12.4 Å². The Labute approximate surface area is 91.4 Å². The van der Waals surface area contributed by atoms with Gasteiger partial charge in [-0.2, -0.15) is 0 Å². The molecule has 0 saturated carbocycles. The minimum atomic E-state index is -0.761. The first-order chi connectivity index (χ1) is 6.95. The highest BCUT2D eigenvalue weighted by atomic mass is 16.3. The van der Waals surface area contributed by atoms with Crippen LogP contribution in [0.5, 0.6) is 0 Å². The van der Waals surface area contributed by atoms with E-state index in [0.717, 1.165) is 30.3 Å². The van der Waals surface area contributed by atoms with E-state index >= 15 is 0 Å². The van der Waals surface area contributed by atoms with Crippen molar-refractivity contribution in [3.63, 3.8) is 0 Å². The monoisotopic (exact) mass is 206 g/mol. The SMILES string of the molecule is C#CC(O)C1CCC(C)=C(C=O)C1(C)C. The average Bonchev–Trinajstić information content (AvgIpc) is 2.16. The van der Waals surface area contributed by atoms with Crippen LogP contribution in [0.2, 0.25) is 0 Å². The standard InChI is InChI=1S/C13H18O2/c1-5-12(15)10-7-6-9(2)11(8-14)13(10,3)4/h1,8,10,12,15H,6-7H2,2-4H3. The highest BCUT2D eigenvalue weighted by molar-refractivity contribution is 5.77. The largest absolute Gasteiger partial charge is 0.380 e. The summed E-state index contributed by atoms with van der Waals surface area (Å²) in [4.78, 5) is 11.1. The lowest BCUT2D eigenvalue weighted by atomic mass is 9.64. The first-order valence-electron chi connectivity index (χ1n) is 5.24. The molecule has 2 unspecified atom stereocenters. The van der Waals surface area contributed by atoms with Crippen LogP contribution in [0.4, 0.5) is 0 Å². The number of hydrogen-bond acceptors (Lipinski definition) is 2. The molecule has 1 aliphatic rings. The second-order valence-electron chi connectivity index (χ2n) is 4.79. The fourth-order valence-corrected chi connectivity index (χ4v) is 2.54. The minimum Gasteiger partial charge on any atom is -0.380 e. The summed E-state index contributed by atoms with van der Waals surface area (Å²) in [6.07, 6.45) is 7.08. The molecule has 0 amide bonds. The molecular weight excluding hydrogens is 188 g/mol. The van der Waals surface area contributed by atoms with Crippen LogP contribution in [-0.2, 0) is 4.79 Å². The summed E-state index contributed by atoms with van der Waals surface area (Å²) in [7, 11) is 0. The third kappa shape index (κ3) is 1.98. The van der Waals surface area contributed by atoms with Crippen molar-refractivity contribution in [2.75, 3.05) is 0 Å². The van der Waals surface area contributed by atoms with Gasteiger partial charge in [0, 0.05) is 5.92 Å². The van der Waals surface area contributed by atoms with Gasteiger partial charge in [0.2, 0.25) is 0 Å². The van der Waals surface area contributed by atoms with Crippen LogP contribution in [0.15, 0.2) is 11.1 Å². The van der Waals surface area contributed by atoms with E-state index in [2.05, 4.69) is 5.92 Å². The molecule has 2 heteroatoms. The number of aliphatic hydroxyl groups excluding tert-OH is 1. The quantitative estimate of drug-likeness (QED) is 0.553. The number of carbonyl (C=O) groups excluding carboxylic acids is 1. The molecular formula is C13H18O2. The van der Waals surface area contributed by atoms with Gasteiger partial charge in [0.05, 0.1) is 0 Å². The molecule has 0 aromatic carbocycles. The lowest BCUT2D eigenvalue weighted by Gasteiger charge is -2.40. The Balaban J connectivity index is 3.11. The van der Waals surface area contributed by atoms with Gasteiger partial charge in [-0.05, 0) is 30.8 Å². The number of terminal acetylenes is 1. The summed E-state index contributed by atoms with van der Waals surface area (Å²) < 4.78 is 0. The first-order valence-corrected chi connectivity index (χ1v) is 5.24. The summed E-state index contributed by atoms with van der Waals surface area (Å²) >= 11 is 0. The predicted octanol–water partition coefficient (Wildman–Crippen LogP) is 1.93. The molecule has 1 N–H and O–H groups in total. The summed E-state index contributed by atoms with van der Waals surface area (Å²) in [6, 6.07) is 0. The van der Waals surface area contributed by atoms with E-state index in [1.807, 2.05) is 20.8 Å². The topological polar surface area (TPSA) is 37.3 Å². The van der Waals surface area contributed by atoms with Gasteiger partial charge < -0.3 is 5.11 Å². The Morgan fingerprint density at radius 3 is 2.73 bits per heavy atom. The van der Waals surface area contributed by atoms with Crippen LogP contribution in [0.3, 0.4) is 0 Å². The van der Waals surface area contributed by atoms with Crippen LogP contribution in [0.1, 0.15) is 33.6 Å². The maximum absolute atomic E-state index is 11.1.